The third kappa shape index (κ3) is 8.07. The van der Waals surface area contributed by atoms with Gasteiger partial charge in [0.05, 0.1) is 23.4 Å². The molecule has 5 nitrogen and oxygen atoms in total. The van der Waals surface area contributed by atoms with Crippen LogP contribution in [0, 0.1) is 13.8 Å². The first-order valence-corrected chi connectivity index (χ1v) is 14.0. The molecule has 2 heterocycles. The fraction of sp³-hybridized carbons (Fsp3) is 0.462. The molecule has 0 aliphatic carbocycles. The number of thiazole rings is 1. The Balaban J connectivity index is 0.00000342. The Bertz CT molecular complexity index is 1060. The summed E-state index contributed by atoms with van der Waals surface area (Å²) in [5.41, 5.74) is 3.47. The maximum absolute atomic E-state index is 13.3. The molecule has 0 atom stereocenters. The van der Waals surface area contributed by atoms with Gasteiger partial charge >= 0.3 is 0 Å². The van der Waals surface area contributed by atoms with Crippen LogP contribution in [-0.4, -0.2) is 60.9 Å². The molecule has 9 heteroatoms. The zero-order valence-corrected chi connectivity index (χ0v) is 23.5. The van der Waals surface area contributed by atoms with Gasteiger partial charge in [-0.3, -0.25) is 14.6 Å². The summed E-state index contributed by atoms with van der Waals surface area (Å²) >= 11 is 9.36. The van der Waals surface area contributed by atoms with E-state index < -0.39 is 0 Å². The number of carbonyl (C=O) groups excluding carboxylic acids is 1. The van der Waals surface area contributed by atoms with Crippen molar-refractivity contribution < 1.29 is 9.53 Å². The number of morpholine rings is 1. The lowest BCUT2D eigenvalue weighted by Crippen LogP contribution is -2.39. The highest BCUT2D eigenvalue weighted by atomic mass is 35.5. The molecule has 0 N–H and O–H groups in total. The maximum Gasteiger partial charge on any atom is 0.228 e. The van der Waals surface area contributed by atoms with Crippen LogP contribution in [-0.2, 0) is 9.53 Å². The van der Waals surface area contributed by atoms with Crippen LogP contribution in [0.3, 0.4) is 0 Å². The first-order valence-electron chi connectivity index (χ1n) is 11.9. The second-order valence-electron chi connectivity index (χ2n) is 8.66. The Labute approximate surface area is 227 Å². The smallest absolute Gasteiger partial charge is 0.228 e. The van der Waals surface area contributed by atoms with E-state index in [0.717, 1.165) is 71.8 Å². The number of anilines is 1. The number of thioether (sulfide) groups is 1. The standard InChI is InChI=1S/C26H32ClN3O2S2.ClH/c1-19-17-23-24(18-20(19)2)34-26(28-23)30(11-4-10-29-12-14-32-15-13-29)25(31)5-3-16-33-22-8-6-21(27)7-9-22;/h6-9,17-18H,3-5,10-16H2,1-2H3;1H. The topological polar surface area (TPSA) is 45.7 Å². The monoisotopic (exact) mass is 553 g/mol. The van der Waals surface area contributed by atoms with Gasteiger partial charge in [0.2, 0.25) is 5.91 Å². The molecule has 0 unspecified atom stereocenters. The van der Waals surface area contributed by atoms with Crippen molar-refractivity contribution in [1.29, 1.82) is 0 Å². The predicted octanol–water partition coefficient (Wildman–Crippen LogP) is 6.62. The Morgan fingerprint density at radius 2 is 1.86 bits per heavy atom. The third-order valence-electron chi connectivity index (χ3n) is 6.10. The van der Waals surface area contributed by atoms with E-state index in [9.17, 15) is 4.79 Å². The summed E-state index contributed by atoms with van der Waals surface area (Å²) < 4.78 is 6.60. The van der Waals surface area contributed by atoms with Crippen molar-refractivity contribution in [3.8, 4) is 0 Å². The number of aryl methyl sites for hydroxylation is 2. The fourth-order valence-corrected chi connectivity index (χ4v) is 6.03. The van der Waals surface area contributed by atoms with E-state index in [4.69, 9.17) is 21.3 Å². The van der Waals surface area contributed by atoms with Gasteiger partial charge in [-0.15, -0.1) is 24.2 Å². The molecule has 4 rings (SSSR count). The molecule has 0 saturated carbocycles. The summed E-state index contributed by atoms with van der Waals surface area (Å²) in [6.45, 7) is 9.43. The van der Waals surface area contributed by atoms with Gasteiger partial charge in [0.15, 0.2) is 5.13 Å². The molecule has 1 aliphatic rings. The molecule has 1 saturated heterocycles. The largest absolute Gasteiger partial charge is 0.379 e. The van der Waals surface area contributed by atoms with Crippen LogP contribution in [0.1, 0.15) is 30.4 Å². The van der Waals surface area contributed by atoms with Gasteiger partial charge in [0.25, 0.3) is 0 Å². The quantitative estimate of drug-likeness (QED) is 0.208. The minimum absolute atomic E-state index is 0. The molecule has 1 aromatic heterocycles. The van der Waals surface area contributed by atoms with E-state index in [1.165, 1.54) is 16.0 Å². The summed E-state index contributed by atoms with van der Waals surface area (Å²) in [5, 5.41) is 1.56. The number of rotatable bonds is 10. The van der Waals surface area contributed by atoms with Gasteiger partial charge < -0.3 is 4.74 Å². The molecule has 1 aliphatic heterocycles. The van der Waals surface area contributed by atoms with Crippen molar-refractivity contribution in [2.24, 2.45) is 0 Å². The molecule has 0 spiro atoms. The molecule has 35 heavy (non-hydrogen) atoms. The lowest BCUT2D eigenvalue weighted by molar-refractivity contribution is -0.118. The first kappa shape index (κ1) is 28.2. The molecular formula is C26H33Cl2N3O2S2. The molecule has 2 aromatic carbocycles. The number of nitrogens with zero attached hydrogens (tertiary/aromatic N) is 3. The Morgan fingerprint density at radius 1 is 1.14 bits per heavy atom. The van der Waals surface area contributed by atoms with Crippen molar-refractivity contribution in [2.75, 3.05) is 50.0 Å². The van der Waals surface area contributed by atoms with Crippen molar-refractivity contribution in [2.45, 2.75) is 38.0 Å². The van der Waals surface area contributed by atoms with Gasteiger partial charge in [0.1, 0.15) is 0 Å². The zero-order valence-electron chi connectivity index (χ0n) is 20.3. The third-order valence-corrected chi connectivity index (χ3v) is 8.49. The van der Waals surface area contributed by atoms with Gasteiger partial charge in [-0.1, -0.05) is 22.9 Å². The Morgan fingerprint density at radius 3 is 2.60 bits per heavy atom. The second-order valence-corrected chi connectivity index (χ2v) is 11.3. The Kier molecular flexibility index (Phi) is 11.1. The maximum atomic E-state index is 13.3. The normalized spacial score (nSPS) is 14.1. The highest BCUT2D eigenvalue weighted by Gasteiger charge is 2.20. The van der Waals surface area contributed by atoms with E-state index in [-0.39, 0.29) is 18.3 Å². The number of carbonyl (C=O) groups is 1. The highest BCUT2D eigenvalue weighted by molar-refractivity contribution is 7.99. The molecule has 1 fully saturated rings. The SMILES string of the molecule is Cc1cc2nc(N(CCCN3CCOCC3)C(=O)CCCSc3ccc(Cl)cc3)sc2cc1C.Cl. The number of fused-ring (bicyclic) bond motifs is 1. The number of hydrogen-bond donors (Lipinski definition) is 0. The van der Waals surface area contributed by atoms with Gasteiger partial charge in [-0.25, -0.2) is 4.98 Å². The van der Waals surface area contributed by atoms with E-state index in [1.54, 1.807) is 23.1 Å². The summed E-state index contributed by atoms with van der Waals surface area (Å²) in [4.78, 5) is 23.7. The van der Waals surface area contributed by atoms with Crippen molar-refractivity contribution in [3.05, 3.63) is 52.5 Å². The molecule has 3 aromatic rings. The number of halogens is 2. The van der Waals surface area contributed by atoms with Crippen LogP contribution in [0.5, 0.6) is 0 Å². The molecule has 1 amide bonds. The fourth-order valence-electron chi connectivity index (χ4n) is 3.97. The average molecular weight is 555 g/mol. The Hall–Kier alpha value is -1.35. The number of aromatic nitrogens is 1. The summed E-state index contributed by atoms with van der Waals surface area (Å²) in [6, 6.07) is 12.2. The predicted molar refractivity (Wildman–Crippen MR) is 152 cm³/mol. The summed E-state index contributed by atoms with van der Waals surface area (Å²) in [7, 11) is 0. The summed E-state index contributed by atoms with van der Waals surface area (Å²) in [5.74, 6) is 1.05. The number of amides is 1. The molecular weight excluding hydrogens is 521 g/mol. The van der Waals surface area contributed by atoms with E-state index in [2.05, 4.69) is 30.9 Å². The van der Waals surface area contributed by atoms with Crippen LogP contribution >= 0.6 is 47.1 Å². The summed E-state index contributed by atoms with van der Waals surface area (Å²) in [6.07, 6.45) is 2.28. The number of hydrogen-bond acceptors (Lipinski definition) is 6. The van der Waals surface area contributed by atoms with Gasteiger partial charge in [-0.2, -0.15) is 0 Å². The number of benzene rings is 2. The molecule has 0 bridgehead atoms. The highest BCUT2D eigenvalue weighted by Crippen LogP contribution is 2.31. The first-order chi connectivity index (χ1) is 16.5. The van der Waals surface area contributed by atoms with E-state index >= 15 is 0 Å². The number of ether oxygens (including phenoxy) is 1. The van der Waals surface area contributed by atoms with Crippen LogP contribution in [0.4, 0.5) is 5.13 Å². The minimum atomic E-state index is 0. The van der Waals surface area contributed by atoms with E-state index in [1.807, 2.05) is 29.2 Å². The minimum Gasteiger partial charge on any atom is -0.379 e. The lowest BCUT2D eigenvalue weighted by atomic mass is 10.1. The van der Waals surface area contributed by atoms with Gasteiger partial charge in [-0.05, 0) is 80.0 Å². The average Bonchev–Trinajstić information content (AvgIpc) is 3.23. The van der Waals surface area contributed by atoms with Crippen LogP contribution in [0.2, 0.25) is 5.02 Å². The molecule has 190 valence electrons. The van der Waals surface area contributed by atoms with Crippen molar-refractivity contribution in [1.82, 2.24) is 9.88 Å². The van der Waals surface area contributed by atoms with Gasteiger partial charge in [0, 0.05) is 42.5 Å². The van der Waals surface area contributed by atoms with Crippen molar-refractivity contribution >= 4 is 68.4 Å². The lowest BCUT2D eigenvalue weighted by Gasteiger charge is -2.27. The second kappa shape index (κ2) is 13.8. The van der Waals surface area contributed by atoms with Crippen molar-refractivity contribution in [3.63, 3.8) is 0 Å². The molecule has 0 radical (unpaired) electrons. The van der Waals surface area contributed by atoms with E-state index in [0.29, 0.717) is 13.0 Å². The van der Waals surface area contributed by atoms with Crippen LogP contribution < -0.4 is 4.90 Å². The zero-order chi connectivity index (χ0) is 23.9. The van der Waals surface area contributed by atoms with Crippen LogP contribution in [0.15, 0.2) is 41.3 Å². The van der Waals surface area contributed by atoms with Crippen LogP contribution in [0.25, 0.3) is 10.2 Å².